The molecule has 1 aromatic rings. The van der Waals surface area contributed by atoms with Gasteiger partial charge in [0.2, 0.25) is 15.7 Å². The van der Waals surface area contributed by atoms with Crippen molar-refractivity contribution in [3.63, 3.8) is 0 Å². The Labute approximate surface area is 196 Å². The van der Waals surface area contributed by atoms with Gasteiger partial charge in [0.05, 0.1) is 26.7 Å². The van der Waals surface area contributed by atoms with Crippen LogP contribution >= 0.6 is 34.8 Å². The van der Waals surface area contributed by atoms with Crippen LogP contribution < -0.4 is 4.74 Å². The summed E-state index contributed by atoms with van der Waals surface area (Å²) in [4.78, 5) is 51.4. The second-order valence-electron chi connectivity index (χ2n) is 5.38. The summed E-state index contributed by atoms with van der Waals surface area (Å²) >= 11 is 15.1. The number of carbonyl (C=O) groups excluding carboxylic acids is 5. The topological polar surface area (TPSA) is 113 Å². The van der Waals surface area contributed by atoms with Crippen molar-refractivity contribution in [1.29, 1.82) is 0 Å². The molecule has 0 atom stereocenters. The number of ether oxygens (including phenoxy) is 3. The van der Waals surface area contributed by atoms with Gasteiger partial charge in [0.1, 0.15) is 12.2 Å². The molecule has 0 aliphatic rings. The summed E-state index contributed by atoms with van der Waals surface area (Å²) in [5.41, 5.74) is 0.899. The third kappa shape index (κ3) is 22.3. The molecule has 31 heavy (non-hydrogen) atoms. The highest BCUT2D eigenvalue weighted by atomic mass is 35.5. The number of rotatable bonds is 10. The maximum absolute atomic E-state index is 10.5. The van der Waals surface area contributed by atoms with E-state index in [-0.39, 0.29) is 43.5 Å². The van der Waals surface area contributed by atoms with Gasteiger partial charge in [-0.1, -0.05) is 12.1 Å². The zero-order valence-corrected chi connectivity index (χ0v) is 19.7. The van der Waals surface area contributed by atoms with E-state index in [1.807, 2.05) is 12.1 Å². The van der Waals surface area contributed by atoms with Crippen LogP contribution in [-0.4, -0.2) is 48.0 Å². The molecule has 0 aromatic heterocycles. The number of esters is 2. The van der Waals surface area contributed by atoms with E-state index in [0.29, 0.717) is 6.61 Å². The van der Waals surface area contributed by atoms with E-state index < -0.39 is 16.5 Å². The molecule has 0 fully saturated rings. The first-order valence-electron chi connectivity index (χ1n) is 9.04. The Kier molecular flexibility index (Phi) is 19.8. The van der Waals surface area contributed by atoms with Gasteiger partial charge in [0, 0.05) is 12.8 Å². The van der Waals surface area contributed by atoms with Gasteiger partial charge < -0.3 is 14.2 Å². The number of carbonyl (C=O) groups is 5. The maximum Gasteiger partial charge on any atom is 0.314 e. The van der Waals surface area contributed by atoms with Crippen LogP contribution in [0.3, 0.4) is 0 Å². The molecule has 0 N–H and O–H groups in total. The number of hydrogen-bond acceptors (Lipinski definition) is 8. The summed E-state index contributed by atoms with van der Waals surface area (Å²) < 4.78 is 13.9. The average molecular weight is 500 g/mol. The molecule has 0 unspecified atom stereocenters. The van der Waals surface area contributed by atoms with E-state index in [1.54, 1.807) is 33.1 Å². The molecule has 0 spiro atoms. The smallest absolute Gasteiger partial charge is 0.314 e. The Hall–Kier alpha value is -2.16. The highest BCUT2D eigenvalue weighted by Gasteiger charge is 2.05. The van der Waals surface area contributed by atoms with Gasteiger partial charge in [-0.2, -0.15) is 0 Å². The van der Waals surface area contributed by atoms with Crippen molar-refractivity contribution < 1.29 is 38.2 Å². The molecule has 0 saturated heterocycles. The van der Waals surface area contributed by atoms with Crippen LogP contribution in [0.4, 0.5) is 0 Å². The minimum absolute atomic E-state index is 0.0559. The summed E-state index contributed by atoms with van der Waals surface area (Å²) in [6.45, 7) is 4.00. The molecule has 0 heterocycles. The molecule has 0 bridgehead atoms. The lowest BCUT2D eigenvalue weighted by atomic mass is 10.2. The minimum atomic E-state index is -0.687. The molecule has 174 valence electrons. The first kappa shape index (κ1) is 31.0. The van der Waals surface area contributed by atoms with Crippen molar-refractivity contribution in [3.8, 4) is 5.75 Å². The fraction of sp³-hybridized carbons (Fsp3) is 0.450. The number of hydrogen-bond donors (Lipinski definition) is 0. The minimum Gasteiger partial charge on any atom is -0.497 e. The Balaban J connectivity index is 0. The van der Waals surface area contributed by atoms with Crippen LogP contribution in [0.2, 0.25) is 0 Å². The Morgan fingerprint density at radius 1 is 0.742 bits per heavy atom. The molecule has 1 rings (SSSR count). The second kappa shape index (κ2) is 19.8. The Bertz CT molecular complexity index is 705. The van der Waals surface area contributed by atoms with Crippen LogP contribution in [0.1, 0.15) is 38.7 Å². The number of benzene rings is 1. The predicted molar refractivity (Wildman–Crippen MR) is 116 cm³/mol. The first-order valence-corrected chi connectivity index (χ1v) is 10.2. The fourth-order valence-electron chi connectivity index (χ4n) is 1.66. The third-order valence-corrected chi connectivity index (χ3v) is 3.38. The Morgan fingerprint density at radius 3 is 1.65 bits per heavy atom. The van der Waals surface area contributed by atoms with Gasteiger partial charge in [0.25, 0.3) is 0 Å². The van der Waals surface area contributed by atoms with Gasteiger partial charge >= 0.3 is 11.9 Å². The predicted octanol–water partition coefficient (Wildman–Crippen LogP) is 3.80. The van der Waals surface area contributed by atoms with Crippen molar-refractivity contribution in [2.24, 2.45) is 0 Å². The molecule has 0 saturated carbocycles. The van der Waals surface area contributed by atoms with Crippen LogP contribution in [0.5, 0.6) is 5.75 Å². The zero-order valence-electron chi connectivity index (χ0n) is 17.5. The summed E-state index contributed by atoms with van der Waals surface area (Å²) in [5.74, 6) is -0.172. The molecular weight excluding hydrogens is 475 g/mol. The summed E-state index contributed by atoms with van der Waals surface area (Å²) in [5, 5.41) is -1.54. The summed E-state index contributed by atoms with van der Waals surface area (Å²) in [7, 11) is 1.60. The quantitative estimate of drug-likeness (QED) is 0.271. The third-order valence-electron chi connectivity index (χ3n) is 2.92. The average Bonchev–Trinajstić information content (AvgIpc) is 2.67. The standard InChI is InChI=1S/C9H9ClO2.C6H9ClO3.C5H7ClO3/c1-12-8-4-2-7(3-5-8)6-9(10)11;1-2-10-6(9)4-3-5(7)8;1-2-9-5(8)3-4(6)7/h2-5H,6H2,1H3;2-4H2,1H3;2-3H2,1H3. The molecule has 0 radical (unpaired) electrons. The van der Waals surface area contributed by atoms with Crippen molar-refractivity contribution >= 4 is 62.5 Å². The van der Waals surface area contributed by atoms with Crippen LogP contribution in [0.25, 0.3) is 0 Å². The summed E-state index contributed by atoms with van der Waals surface area (Å²) in [6, 6.07) is 7.24. The van der Waals surface area contributed by atoms with E-state index in [4.69, 9.17) is 39.5 Å². The van der Waals surface area contributed by atoms with Gasteiger partial charge in [-0.3, -0.25) is 24.0 Å². The fourth-order valence-corrected chi connectivity index (χ4v) is 2.02. The maximum atomic E-state index is 10.5. The van der Waals surface area contributed by atoms with Gasteiger partial charge in [0.15, 0.2) is 0 Å². The van der Waals surface area contributed by atoms with Gasteiger partial charge in [-0.15, -0.1) is 0 Å². The van der Waals surface area contributed by atoms with Crippen molar-refractivity contribution in [2.45, 2.75) is 39.5 Å². The molecular formula is C20H25Cl3O8. The molecule has 11 heteroatoms. The van der Waals surface area contributed by atoms with Crippen LogP contribution in [0, 0.1) is 0 Å². The van der Waals surface area contributed by atoms with Crippen LogP contribution in [-0.2, 0) is 39.9 Å². The van der Waals surface area contributed by atoms with Crippen molar-refractivity contribution in [3.05, 3.63) is 29.8 Å². The lowest BCUT2D eigenvalue weighted by Gasteiger charge is -1.99. The van der Waals surface area contributed by atoms with Crippen molar-refractivity contribution in [1.82, 2.24) is 0 Å². The Morgan fingerprint density at radius 2 is 1.26 bits per heavy atom. The molecule has 8 nitrogen and oxygen atoms in total. The molecule has 0 amide bonds. The lowest BCUT2D eigenvalue weighted by molar-refractivity contribution is -0.145. The SMILES string of the molecule is CCOC(=O)CC(=O)Cl.CCOC(=O)CCC(=O)Cl.COc1ccc(CC(=O)Cl)cc1. The van der Waals surface area contributed by atoms with E-state index in [2.05, 4.69) is 9.47 Å². The largest absolute Gasteiger partial charge is 0.497 e. The van der Waals surface area contributed by atoms with E-state index in [9.17, 15) is 24.0 Å². The molecule has 0 aliphatic carbocycles. The van der Waals surface area contributed by atoms with E-state index >= 15 is 0 Å². The normalized spacial score (nSPS) is 9.10. The van der Waals surface area contributed by atoms with Gasteiger partial charge in [-0.05, 0) is 66.3 Å². The molecule has 1 aromatic carbocycles. The van der Waals surface area contributed by atoms with E-state index in [0.717, 1.165) is 11.3 Å². The lowest BCUT2D eigenvalue weighted by Crippen LogP contribution is -2.06. The van der Waals surface area contributed by atoms with Crippen LogP contribution in [0.15, 0.2) is 24.3 Å². The van der Waals surface area contributed by atoms with E-state index in [1.165, 1.54) is 0 Å². The first-order chi connectivity index (χ1) is 14.5. The number of halogens is 3. The monoisotopic (exact) mass is 498 g/mol. The van der Waals surface area contributed by atoms with Gasteiger partial charge in [-0.25, -0.2) is 0 Å². The van der Waals surface area contributed by atoms with Crippen molar-refractivity contribution in [2.75, 3.05) is 20.3 Å². The second-order valence-corrected chi connectivity index (χ2v) is 6.64. The molecule has 0 aliphatic heterocycles. The highest BCUT2D eigenvalue weighted by molar-refractivity contribution is 6.65. The summed E-state index contributed by atoms with van der Waals surface area (Å²) in [6.07, 6.45) is 0.0670. The number of methoxy groups -OCH3 is 1. The highest BCUT2D eigenvalue weighted by Crippen LogP contribution is 2.12. The zero-order chi connectivity index (χ0) is 24.2.